The van der Waals surface area contributed by atoms with Gasteiger partial charge in [-0.2, -0.15) is 22.6 Å². The van der Waals surface area contributed by atoms with E-state index in [1.807, 2.05) is 18.7 Å². The van der Waals surface area contributed by atoms with Crippen LogP contribution in [0.1, 0.15) is 43.6 Å². The lowest BCUT2D eigenvalue weighted by Crippen LogP contribution is -2.51. The van der Waals surface area contributed by atoms with E-state index < -0.39 is 15.5 Å². The van der Waals surface area contributed by atoms with Gasteiger partial charge in [0.2, 0.25) is 0 Å². The summed E-state index contributed by atoms with van der Waals surface area (Å²) >= 11 is 0. The second-order valence-electron chi connectivity index (χ2n) is 6.90. The van der Waals surface area contributed by atoms with E-state index in [4.69, 9.17) is 0 Å². The molecule has 1 aromatic rings. The molecule has 8 nitrogen and oxygen atoms in total. The van der Waals surface area contributed by atoms with Gasteiger partial charge in [-0.25, -0.2) is 8.42 Å². The highest BCUT2D eigenvalue weighted by atomic mass is 127. The maximum absolute atomic E-state index is 12.7. The molecule has 2 N–H and O–H groups in total. The van der Waals surface area contributed by atoms with E-state index in [1.54, 1.807) is 7.05 Å². The summed E-state index contributed by atoms with van der Waals surface area (Å²) in [5.41, 5.74) is -2.00. The summed E-state index contributed by atoms with van der Waals surface area (Å²) in [4.78, 5) is 4.18. The Morgan fingerprint density at radius 1 is 1.23 bits per heavy atom. The van der Waals surface area contributed by atoms with Crippen LogP contribution in [0.2, 0.25) is 0 Å². The molecule has 2 rings (SSSR count). The van der Waals surface area contributed by atoms with Crippen LogP contribution in [0.3, 0.4) is 0 Å². The van der Waals surface area contributed by atoms with Gasteiger partial charge >= 0.3 is 15.5 Å². The fourth-order valence-electron chi connectivity index (χ4n) is 3.54. The molecule has 1 aliphatic heterocycles. The topological polar surface area (TPSA) is 91.6 Å². The molecule has 1 aromatic heterocycles. The minimum atomic E-state index is -5.27. The first kappa shape index (κ1) is 26.9. The summed E-state index contributed by atoms with van der Waals surface area (Å²) in [6, 6.07) is -0.161. The van der Waals surface area contributed by atoms with Crippen molar-refractivity contribution in [1.29, 1.82) is 0 Å². The first-order valence-corrected chi connectivity index (χ1v) is 11.1. The maximum Gasteiger partial charge on any atom is 0.511 e. The van der Waals surface area contributed by atoms with Gasteiger partial charge in [0, 0.05) is 51.0 Å². The SMILES string of the molecule is CCc1nn(C)c(CC)c1CNC(=NC)NC1CCN(S(=O)(=O)C(F)(F)F)CC1.I. The largest absolute Gasteiger partial charge is 0.511 e. The Bertz CT molecular complexity index is 833. The number of halogens is 4. The van der Waals surface area contributed by atoms with Crippen LogP contribution in [-0.4, -0.2) is 60.2 Å². The molecule has 0 bridgehead atoms. The second-order valence-corrected chi connectivity index (χ2v) is 8.83. The van der Waals surface area contributed by atoms with E-state index in [0.29, 0.717) is 16.8 Å². The number of rotatable bonds is 6. The zero-order chi connectivity index (χ0) is 21.8. The van der Waals surface area contributed by atoms with Gasteiger partial charge in [-0.15, -0.1) is 24.0 Å². The summed E-state index contributed by atoms with van der Waals surface area (Å²) in [5.74, 6) is 0.523. The molecule has 1 saturated heterocycles. The fraction of sp³-hybridized carbons (Fsp3) is 0.765. The van der Waals surface area contributed by atoms with Crippen LogP contribution in [-0.2, 0) is 36.5 Å². The number of hydrogen-bond acceptors (Lipinski definition) is 4. The molecule has 30 heavy (non-hydrogen) atoms. The van der Waals surface area contributed by atoms with E-state index in [-0.39, 0.29) is 55.9 Å². The van der Waals surface area contributed by atoms with Crippen molar-refractivity contribution < 1.29 is 21.6 Å². The van der Waals surface area contributed by atoms with Gasteiger partial charge in [-0.1, -0.05) is 13.8 Å². The molecular weight excluding hydrogens is 536 g/mol. The highest BCUT2D eigenvalue weighted by molar-refractivity contribution is 14.0. The van der Waals surface area contributed by atoms with E-state index in [1.165, 1.54) is 0 Å². The standard InChI is InChI=1S/C17H29F3N6O2S.HI/c1-5-14-13(15(6-2)25(4)24-14)11-22-16(21-3)23-12-7-9-26(10-8-12)29(27,28)17(18,19)20;/h12H,5-11H2,1-4H3,(H2,21,22,23);1H. The van der Waals surface area contributed by atoms with E-state index in [2.05, 4.69) is 27.6 Å². The molecule has 13 heteroatoms. The Morgan fingerprint density at radius 3 is 2.30 bits per heavy atom. The van der Waals surface area contributed by atoms with Gasteiger partial charge in [0.25, 0.3) is 0 Å². The third-order valence-electron chi connectivity index (χ3n) is 5.11. The molecule has 0 amide bonds. The number of aliphatic imine (C=N–C) groups is 1. The Kier molecular flexibility index (Phi) is 9.86. The van der Waals surface area contributed by atoms with Crippen LogP contribution in [0, 0.1) is 0 Å². The molecule has 0 saturated carbocycles. The van der Waals surface area contributed by atoms with E-state index in [0.717, 1.165) is 29.8 Å². The van der Waals surface area contributed by atoms with E-state index >= 15 is 0 Å². The average Bonchev–Trinajstić information content (AvgIpc) is 2.99. The maximum atomic E-state index is 12.7. The zero-order valence-electron chi connectivity index (χ0n) is 17.6. The smallest absolute Gasteiger partial charge is 0.354 e. The summed E-state index contributed by atoms with van der Waals surface area (Å²) in [7, 11) is -1.74. The lowest BCUT2D eigenvalue weighted by atomic mass is 10.1. The first-order chi connectivity index (χ1) is 13.5. The Hall–Kier alpha value is -1.09. The molecule has 0 spiro atoms. The molecular formula is C17H30F3IN6O2S. The highest BCUT2D eigenvalue weighted by Gasteiger charge is 2.50. The van der Waals surface area contributed by atoms with Crippen molar-refractivity contribution in [1.82, 2.24) is 24.7 Å². The molecule has 0 aromatic carbocycles. The quantitative estimate of drug-likeness (QED) is 0.313. The lowest BCUT2D eigenvalue weighted by Gasteiger charge is -2.32. The van der Waals surface area contributed by atoms with Crippen molar-refractivity contribution in [2.75, 3.05) is 20.1 Å². The van der Waals surface area contributed by atoms with Gasteiger partial charge in [-0.05, 0) is 25.7 Å². The van der Waals surface area contributed by atoms with Crippen LogP contribution in [0.5, 0.6) is 0 Å². The zero-order valence-corrected chi connectivity index (χ0v) is 20.7. The van der Waals surface area contributed by atoms with Gasteiger partial charge < -0.3 is 10.6 Å². The van der Waals surface area contributed by atoms with Crippen molar-refractivity contribution in [2.45, 2.75) is 57.6 Å². The summed E-state index contributed by atoms with van der Waals surface area (Å²) in [6.07, 6.45) is 2.19. The highest BCUT2D eigenvalue weighted by Crippen LogP contribution is 2.28. The molecule has 174 valence electrons. The van der Waals surface area contributed by atoms with Gasteiger partial charge in [0.15, 0.2) is 5.96 Å². The molecule has 1 fully saturated rings. The number of aromatic nitrogens is 2. The minimum Gasteiger partial charge on any atom is -0.354 e. The van der Waals surface area contributed by atoms with Gasteiger partial charge in [0.1, 0.15) is 0 Å². The Labute approximate surface area is 192 Å². The van der Waals surface area contributed by atoms with Crippen LogP contribution >= 0.6 is 24.0 Å². The van der Waals surface area contributed by atoms with Gasteiger partial charge in [-0.3, -0.25) is 9.67 Å². The van der Waals surface area contributed by atoms with Crippen molar-refractivity contribution in [3.63, 3.8) is 0 Å². The minimum absolute atomic E-state index is 0. The summed E-state index contributed by atoms with van der Waals surface area (Å²) in [6.45, 7) is 4.27. The van der Waals surface area contributed by atoms with Crippen LogP contribution in [0.25, 0.3) is 0 Å². The number of aryl methyl sites for hydroxylation is 2. The Balaban J connectivity index is 0.00000450. The predicted molar refractivity (Wildman–Crippen MR) is 120 cm³/mol. The second kappa shape index (κ2) is 11.0. The summed E-state index contributed by atoms with van der Waals surface area (Å²) in [5, 5.41) is 10.9. The summed E-state index contributed by atoms with van der Waals surface area (Å²) < 4.78 is 63.5. The number of nitrogens with zero attached hydrogens (tertiary/aromatic N) is 4. The van der Waals surface area contributed by atoms with Crippen LogP contribution in [0.15, 0.2) is 4.99 Å². The molecule has 1 aliphatic rings. The van der Waals surface area contributed by atoms with Crippen molar-refractivity contribution >= 4 is 40.0 Å². The number of guanidine groups is 1. The average molecular weight is 566 g/mol. The molecule has 2 heterocycles. The monoisotopic (exact) mass is 566 g/mol. The number of sulfonamides is 1. The number of hydrogen-bond donors (Lipinski definition) is 2. The Morgan fingerprint density at radius 2 is 1.83 bits per heavy atom. The van der Waals surface area contributed by atoms with Crippen molar-refractivity contribution in [3.05, 3.63) is 17.0 Å². The normalized spacial score (nSPS) is 17.0. The number of nitrogens with one attached hydrogen (secondary N) is 2. The molecule has 0 unspecified atom stereocenters. The van der Waals surface area contributed by atoms with Crippen molar-refractivity contribution in [2.24, 2.45) is 12.0 Å². The fourth-order valence-corrected chi connectivity index (χ4v) is 4.53. The molecule has 0 radical (unpaired) electrons. The lowest BCUT2D eigenvalue weighted by molar-refractivity contribution is -0.0494. The number of piperidine rings is 1. The first-order valence-electron chi connectivity index (χ1n) is 9.62. The van der Waals surface area contributed by atoms with Crippen molar-refractivity contribution in [3.8, 4) is 0 Å². The third-order valence-corrected chi connectivity index (χ3v) is 6.74. The van der Waals surface area contributed by atoms with E-state index in [9.17, 15) is 21.6 Å². The molecule has 0 aliphatic carbocycles. The number of alkyl halides is 3. The predicted octanol–water partition coefficient (Wildman–Crippen LogP) is 2.14. The van der Waals surface area contributed by atoms with Crippen LogP contribution < -0.4 is 10.6 Å². The third kappa shape index (κ3) is 5.99. The molecule has 0 atom stereocenters. The van der Waals surface area contributed by atoms with Crippen LogP contribution in [0.4, 0.5) is 13.2 Å². The van der Waals surface area contributed by atoms with Gasteiger partial charge in [0.05, 0.1) is 5.69 Å².